The molecule has 2 rings (SSSR count). The second-order valence-corrected chi connectivity index (χ2v) is 5.76. The molecule has 0 saturated carbocycles. The number of nitrogens with one attached hydrogen (secondary N) is 1. The smallest absolute Gasteiger partial charge is 0.0326 e. The Balaban J connectivity index is 2.10. The largest absolute Gasteiger partial charge is 0.310 e. The lowest BCUT2D eigenvalue weighted by Crippen LogP contribution is -2.23. The maximum Gasteiger partial charge on any atom is 0.0326 e. The van der Waals surface area contributed by atoms with Crippen molar-refractivity contribution in [3.8, 4) is 0 Å². The highest BCUT2D eigenvalue weighted by molar-refractivity contribution is 5.33. The molecule has 0 aliphatic carbocycles. The molecule has 2 nitrogen and oxygen atoms in total. The minimum absolute atomic E-state index is 0.429. The molecule has 0 spiro atoms. The summed E-state index contributed by atoms with van der Waals surface area (Å²) in [5.74, 6) is 0. The lowest BCUT2D eigenvalue weighted by molar-refractivity contribution is 0.497. The van der Waals surface area contributed by atoms with Crippen molar-refractivity contribution in [1.82, 2.24) is 10.3 Å². The molecule has 1 aromatic heterocycles. The Kier molecular flexibility index (Phi) is 5.94. The molecule has 2 heteroatoms. The van der Waals surface area contributed by atoms with Crippen molar-refractivity contribution in [2.75, 3.05) is 6.54 Å². The van der Waals surface area contributed by atoms with E-state index in [-0.39, 0.29) is 0 Å². The number of hydrogen-bond donors (Lipinski definition) is 1. The van der Waals surface area contributed by atoms with Gasteiger partial charge < -0.3 is 5.32 Å². The number of hydrogen-bond acceptors (Lipinski definition) is 2. The zero-order valence-corrected chi connectivity index (χ0v) is 13.4. The van der Waals surface area contributed by atoms with E-state index in [9.17, 15) is 0 Å². The second-order valence-electron chi connectivity index (χ2n) is 5.76. The van der Waals surface area contributed by atoms with Crippen molar-refractivity contribution < 1.29 is 0 Å². The van der Waals surface area contributed by atoms with Crippen molar-refractivity contribution >= 4 is 0 Å². The first-order chi connectivity index (χ1) is 10.2. The SMILES string of the molecule is CCCNC(CCc1ccncc1)c1ccc(C)cc1C. The van der Waals surface area contributed by atoms with Gasteiger partial charge >= 0.3 is 0 Å². The van der Waals surface area contributed by atoms with Gasteiger partial charge in [0.2, 0.25) is 0 Å². The van der Waals surface area contributed by atoms with Gasteiger partial charge in [-0.25, -0.2) is 0 Å². The van der Waals surface area contributed by atoms with Crippen molar-refractivity contribution in [2.45, 2.75) is 46.1 Å². The van der Waals surface area contributed by atoms with E-state index in [1.165, 1.54) is 22.3 Å². The normalized spacial score (nSPS) is 12.3. The summed E-state index contributed by atoms with van der Waals surface area (Å²) >= 11 is 0. The highest BCUT2D eigenvalue weighted by Gasteiger charge is 2.13. The van der Waals surface area contributed by atoms with Crippen LogP contribution in [0, 0.1) is 13.8 Å². The Morgan fingerprint density at radius 1 is 1.10 bits per heavy atom. The molecular formula is C19H26N2. The van der Waals surface area contributed by atoms with Crippen LogP contribution in [0.3, 0.4) is 0 Å². The van der Waals surface area contributed by atoms with Crippen LogP contribution in [0.1, 0.15) is 48.1 Å². The Morgan fingerprint density at radius 3 is 2.52 bits per heavy atom. The molecule has 0 bridgehead atoms. The maximum atomic E-state index is 4.09. The van der Waals surface area contributed by atoms with Gasteiger partial charge in [0.25, 0.3) is 0 Å². The van der Waals surface area contributed by atoms with Crippen LogP contribution >= 0.6 is 0 Å². The zero-order chi connectivity index (χ0) is 15.1. The molecular weight excluding hydrogens is 256 g/mol. The van der Waals surface area contributed by atoms with E-state index in [0.717, 1.165) is 25.8 Å². The number of aryl methyl sites for hydroxylation is 3. The maximum absolute atomic E-state index is 4.09. The molecule has 1 heterocycles. The van der Waals surface area contributed by atoms with Gasteiger partial charge in [-0.05, 0) is 68.5 Å². The molecule has 1 N–H and O–H groups in total. The Morgan fingerprint density at radius 2 is 1.86 bits per heavy atom. The summed E-state index contributed by atoms with van der Waals surface area (Å²) in [6, 6.07) is 11.4. The van der Waals surface area contributed by atoms with Crippen LogP contribution in [0.5, 0.6) is 0 Å². The summed E-state index contributed by atoms with van der Waals surface area (Å²) < 4.78 is 0. The van der Waals surface area contributed by atoms with E-state index in [1.807, 2.05) is 12.4 Å². The lowest BCUT2D eigenvalue weighted by Gasteiger charge is -2.21. The van der Waals surface area contributed by atoms with Crippen LogP contribution in [-0.4, -0.2) is 11.5 Å². The first kappa shape index (κ1) is 15.7. The molecule has 1 atom stereocenters. The van der Waals surface area contributed by atoms with Crippen LogP contribution in [-0.2, 0) is 6.42 Å². The molecule has 0 fully saturated rings. The van der Waals surface area contributed by atoms with E-state index < -0.39 is 0 Å². The van der Waals surface area contributed by atoms with E-state index in [4.69, 9.17) is 0 Å². The number of benzene rings is 1. The van der Waals surface area contributed by atoms with Crippen LogP contribution in [0.2, 0.25) is 0 Å². The van der Waals surface area contributed by atoms with Crippen molar-refractivity contribution in [3.05, 3.63) is 65.0 Å². The Hall–Kier alpha value is -1.67. The third kappa shape index (κ3) is 4.68. The fraction of sp³-hybridized carbons (Fsp3) is 0.421. The Bertz CT molecular complexity index is 549. The second kappa shape index (κ2) is 7.94. The predicted molar refractivity (Wildman–Crippen MR) is 89.5 cm³/mol. The molecule has 0 aliphatic rings. The third-order valence-electron chi connectivity index (χ3n) is 3.91. The summed E-state index contributed by atoms with van der Waals surface area (Å²) in [5, 5.41) is 3.70. The van der Waals surface area contributed by atoms with Gasteiger partial charge in [-0.3, -0.25) is 4.98 Å². The number of nitrogens with zero attached hydrogens (tertiary/aromatic N) is 1. The minimum Gasteiger partial charge on any atom is -0.310 e. The first-order valence-corrected chi connectivity index (χ1v) is 7.90. The van der Waals surface area contributed by atoms with Crippen LogP contribution in [0.15, 0.2) is 42.7 Å². The van der Waals surface area contributed by atoms with Crippen LogP contribution < -0.4 is 5.32 Å². The molecule has 0 radical (unpaired) electrons. The molecule has 0 aliphatic heterocycles. The Labute approximate surface area is 128 Å². The van der Waals surface area contributed by atoms with Gasteiger partial charge in [-0.15, -0.1) is 0 Å². The average Bonchev–Trinajstić information content (AvgIpc) is 2.49. The molecule has 0 saturated heterocycles. The minimum atomic E-state index is 0.429. The summed E-state index contributed by atoms with van der Waals surface area (Å²) in [4.78, 5) is 4.09. The van der Waals surface area contributed by atoms with Gasteiger partial charge in [0.15, 0.2) is 0 Å². The molecule has 1 aromatic carbocycles. The number of pyridine rings is 1. The van der Waals surface area contributed by atoms with E-state index in [1.54, 1.807) is 0 Å². The monoisotopic (exact) mass is 282 g/mol. The van der Waals surface area contributed by atoms with Gasteiger partial charge in [0, 0.05) is 18.4 Å². The molecule has 0 amide bonds. The molecule has 21 heavy (non-hydrogen) atoms. The fourth-order valence-electron chi connectivity index (χ4n) is 2.76. The van der Waals surface area contributed by atoms with E-state index >= 15 is 0 Å². The lowest BCUT2D eigenvalue weighted by atomic mass is 9.94. The van der Waals surface area contributed by atoms with Crippen molar-refractivity contribution in [3.63, 3.8) is 0 Å². The van der Waals surface area contributed by atoms with Gasteiger partial charge in [-0.2, -0.15) is 0 Å². The van der Waals surface area contributed by atoms with Crippen molar-refractivity contribution in [1.29, 1.82) is 0 Å². The van der Waals surface area contributed by atoms with E-state index in [0.29, 0.717) is 6.04 Å². The van der Waals surface area contributed by atoms with Gasteiger partial charge in [0.1, 0.15) is 0 Å². The topological polar surface area (TPSA) is 24.9 Å². The predicted octanol–water partition coefficient (Wildman–Crippen LogP) is 4.37. The standard InChI is InChI=1S/C19H26N2/c1-4-11-21-19(8-6-17-9-12-20-13-10-17)18-7-5-15(2)14-16(18)3/h5,7,9-10,12-14,19,21H,4,6,8,11H2,1-3H3. The van der Waals surface area contributed by atoms with Crippen LogP contribution in [0.4, 0.5) is 0 Å². The third-order valence-corrected chi connectivity index (χ3v) is 3.91. The zero-order valence-electron chi connectivity index (χ0n) is 13.4. The highest BCUT2D eigenvalue weighted by Crippen LogP contribution is 2.23. The summed E-state index contributed by atoms with van der Waals surface area (Å²) in [5.41, 5.74) is 5.51. The van der Waals surface area contributed by atoms with Gasteiger partial charge in [0.05, 0.1) is 0 Å². The number of aromatic nitrogens is 1. The fourth-order valence-corrected chi connectivity index (χ4v) is 2.76. The first-order valence-electron chi connectivity index (χ1n) is 7.90. The highest BCUT2D eigenvalue weighted by atomic mass is 14.9. The number of rotatable bonds is 7. The summed E-state index contributed by atoms with van der Waals surface area (Å²) in [6.07, 6.45) is 7.11. The van der Waals surface area contributed by atoms with E-state index in [2.05, 4.69) is 61.4 Å². The van der Waals surface area contributed by atoms with Crippen LogP contribution in [0.25, 0.3) is 0 Å². The molecule has 2 aromatic rings. The average molecular weight is 282 g/mol. The quantitative estimate of drug-likeness (QED) is 0.815. The van der Waals surface area contributed by atoms with Crippen molar-refractivity contribution in [2.24, 2.45) is 0 Å². The molecule has 1 unspecified atom stereocenters. The van der Waals surface area contributed by atoms with Gasteiger partial charge in [-0.1, -0.05) is 30.7 Å². The molecule has 112 valence electrons. The summed E-state index contributed by atoms with van der Waals surface area (Å²) in [6.45, 7) is 7.65. The summed E-state index contributed by atoms with van der Waals surface area (Å²) in [7, 11) is 0.